The first kappa shape index (κ1) is 32.5. The van der Waals surface area contributed by atoms with Crippen molar-refractivity contribution in [3.8, 4) is 33.9 Å². The summed E-state index contributed by atoms with van der Waals surface area (Å²) in [5.74, 6) is 0. The molecule has 11 rings (SSSR count). The van der Waals surface area contributed by atoms with Gasteiger partial charge >= 0.3 is 0 Å². The Morgan fingerprint density at radius 3 is 0.964 bits per heavy atom. The van der Waals surface area contributed by atoms with Crippen LogP contribution in [-0.4, -0.2) is 30.0 Å². The molecule has 0 saturated heterocycles. The van der Waals surface area contributed by atoms with Crippen LogP contribution in [0.2, 0.25) is 0 Å². The van der Waals surface area contributed by atoms with Crippen molar-refractivity contribution in [3.63, 3.8) is 0 Å². The van der Waals surface area contributed by atoms with Crippen LogP contribution in [0.5, 0.6) is 0 Å². The molecule has 0 amide bonds. The van der Waals surface area contributed by atoms with Gasteiger partial charge in [-0.25, -0.2) is 9.36 Å². The molecular formula is C46H30N8S2. The molecule has 0 N–H and O–H groups in total. The molecule has 9 aromatic rings. The molecule has 266 valence electrons. The van der Waals surface area contributed by atoms with E-state index in [0.29, 0.717) is 0 Å². The smallest absolute Gasteiger partial charge is 0.113 e. The second-order valence-electron chi connectivity index (χ2n) is 13.5. The summed E-state index contributed by atoms with van der Waals surface area (Å²) in [6, 6.07) is 59.3. The predicted octanol–water partition coefficient (Wildman–Crippen LogP) is 12.1. The second-order valence-corrected chi connectivity index (χ2v) is 15.6. The van der Waals surface area contributed by atoms with Crippen LogP contribution in [0.3, 0.4) is 0 Å². The van der Waals surface area contributed by atoms with E-state index in [4.69, 9.17) is 0 Å². The maximum absolute atomic E-state index is 4.52. The summed E-state index contributed by atoms with van der Waals surface area (Å²) in [7, 11) is 0. The zero-order valence-corrected chi connectivity index (χ0v) is 31.3. The van der Waals surface area contributed by atoms with Crippen molar-refractivity contribution < 1.29 is 0 Å². The lowest BCUT2D eigenvalue weighted by Gasteiger charge is -2.32. The SMILES string of the molecule is c1ccc2c(c1)Sc1ccccc1N2c1ccc(-c2cn(-c3ccc(-n4cc(-c5ccc(N6c7ccccc7Sc7ccccc76)cc5)nn4)cc3)nn2)cc1. The fraction of sp³-hybridized carbons (Fsp3) is 0. The van der Waals surface area contributed by atoms with Crippen molar-refractivity contribution in [2.24, 2.45) is 0 Å². The standard InChI is InChI=1S/C46H30N8S2/c1-5-13-43-39(9-1)53(40-10-2-6-14-44(40)55-43)35-21-17-31(18-22-35)37-29-51(49-47-37)33-25-27-34(28-26-33)52-30-38(48-50-52)32-19-23-36(24-20-32)54-41-11-3-7-15-45(41)56-46-16-8-4-12-42(46)54/h1-30H. The van der Waals surface area contributed by atoms with E-state index in [-0.39, 0.29) is 0 Å². The molecular weight excluding hydrogens is 729 g/mol. The van der Waals surface area contributed by atoms with Gasteiger partial charge in [0.2, 0.25) is 0 Å². The third kappa shape index (κ3) is 5.66. The van der Waals surface area contributed by atoms with Crippen molar-refractivity contribution in [3.05, 3.63) is 182 Å². The number of rotatable bonds is 6. The molecule has 7 aromatic carbocycles. The number of benzene rings is 7. The summed E-state index contributed by atoms with van der Waals surface area (Å²) >= 11 is 3.62. The van der Waals surface area contributed by atoms with Crippen LogP contribution >= 0.6 is 23.5 Å². The van der Waals surface area contributed by atoms with Crippen molar-refractivity contribution in [2.45, 2.75) is 19.6 Å². The summed E-state index contributed by atoms with van der Waals surface area (Å²) in [6.45, 7) is 0. The molecule has 2 aliphatic heterocycles. The first-order valence-corrected chi connectivity index (χ1v) is 19.9. The van der Waals surface area contributed by atoms with E-state index in [1.165, 1.54) is 42.3 Å². The van der Waals surface area contributed by atoms with E-state index in [1.54, 1.807) is 9.36 Å². The molecule has 4 heterocycles. The lowest BCUT2D eigenvalue weighted by Crippen LogP contribution is -2.14. The fourth-order valence-corrected chi connectivity index (χ4v) is 9.45. The lowest BCUT2D eigenvalue weighted by molar-refractivity contribution is 0.792. The van der Waals surface area contributed by atoms with E-state index in [9.17, 15) is 0 Å². The van der Waals surface area contributed by atoms with Crippen molar-refractivity contribution in [1.29, 1.82) is 0 Å². The first-order chi connectivity index (χ1) is 27.7. The molecule has 0 radical (unpaired) electrons. The Morgan fingerprint density at radius 2 is 0.625 bits per heavy atom. The Kier molecular flexibility index (Phi) is 7.82. The predicted molar refractivity (Wildman–Crippen MR) is 225 cm³/mol. The number of anilines is 6. The second kappa shape index (κ2) is 13.5. The minimum Gasteiger partial charge on any atom is -0.308 e. The van der Waals surface area contributed by atoms with Gasteiger partial charge in [0.05, 0.1) is 46.5 Å². The zero-order valence-electron chi connectivity index (χ0n) is 29.7. The highest BCUT2D eigenvalue weighted by atomic mass is 32.2. The molecule has 2 aromatic heterocycles. The molecule has 8 nitrogen and oxygen atoms in total. The van der Waals surface area contributed by atoms with E-state index < -0.39 is 0 Å². The van der Waals surface area contributed by atoms with Crippen LogP contribution in [0.25, 0.3) is 33.9 Å². The fourth-order valence-electron chi connectivity index (χ4n) is 7.33. The molecule has 0 spiro atoms. The van der Waals surface area contributed by atoms with Crippen molar-refractivity contribution in [2.75, 3.05) is 9.80 Å². The minimum absolute atomic E-state index is 0.801. The third-order valence-electron chi connectivity index (χ3n) is 10.1. The topological polar surface area (TPSA) is 67.9 Å². The summed E-state index contributed by atoms with van der Waals surface area (Å²) in [4.78, 5) is 9.61. The van der Waals surface area contributed by atoms with Crippen LogP contribution in [0, 0.1) is 0 Å². The van der Waals surface area contributed by atoms with E-state index >= 15 is 0 Å². The van der Waals surface area contributed by atoms with Gasteiger partial charge in [-0.15, -0.1) is 10.2 Å². The third-order valence-corrected chi connectivity index (χ3v) is 12.3. The maximum atomic E-state index is 4.52. The van der Waals surface area contributed by atoms with E-state index in [2.05, 4.69) is 176 Å². The molecule has 0 fully saturated rings. The molecule has 0 bridgehead atoms. The van der Waals surface area contributed by atoms with Crippen molar-refractivity contribution >= 4 is 57.6 Å². The van der Waals surface area contributed by atoms with Gasteiger partial charge in [-0.05, 0) is 97.1 Å². The summed E-state index contributed by atoms with van der Waals surface area (Å²) in [5.41, 5.74) is 12.3. The van der Waals surface area contributed by atoms with Gasteiger partial charge in [0.1, 0.15) is 11.4 Å². The number of hydrogen-bond donors (Lipinski definition) is 0. The molecule has 0 saturated carbocycles. The van der Waals surface area contributed by atoms with Gasteiger partial charge in [-0.2, -0.15) is 0 Å². The number of hydrogen-bond acceptors (Lipinski definition) is 8. The molecule has 0 unspecified atom stereocenters. The van der Waals surface area contributed by atoms with E-state index in [0.717, 1.165) is 45.3 Å². The Hall–Kier alpha value is -6.88. The zero-order chi connectivity index (χ0) is 37.0. The van der Waals surface area contributed by atoms with Crippen molar-refractivity contribution in [1.82, 2.24) is 30.0 Å². The number of nitrogens with zero attached hydrogens (tertiary/aromatic N) is 8. The van der Waals surface area contributed by atoms with Gasteiger partial charge in [0.25, 0.3) is 0 Å². The highest BCUT2D eigenvalue weighted by Crippen LogP contribution is 2.52. The minimum atomic E-state index is 0.801. The largest absolute Gasteiger partial charge is 0.308 e. The summed E-state index contributed by atoms with van der Waals surface area (Å²) < 4.78 is 3.60. The number of aromatic nitrogens is 6. The highest BCUT2D eigenvalue weighted by molar-refractivity contribution is 8.00. The van der Waals surface area contributed by atoms with Crippen LogP contribution in [0.4, 0.5) is 34.1 Å². The first-order valence-electron chi connectivity index (χ1n) is 18.2. The molecule has 0 atom stereocenters. The number of para-hydroxylation sites is 4. The van der Waals surface area contributed by atoms with Crippen LogP contribution in [0.15, 0.2) is 202 Å². The monoisotopic (exact) mass is 758 g/mol. The van der Waals surface area contributed by atoms with Crippen LogP contribution in [0.1, 0.15) is 0 Å². The normalized spacial score (nSPS) is 12.8. The molecule has 10 heteroatoms. The van der Waals surface area contributed by atoms with Gasteiger partial charge in [0.15, 0.2) is 0 Å². The molecule has 2 aliphatic rings. The lowest BCUT2D eigenvalue weighted by atomic mass is 10.1. The Balaban J connectivity index is 0.805. The maximum Gasteiger partial charge on any atom is 0.113 e. The quantitative estimate of drug-likeness (QED) is 0.166. The van der Waals surface area contributed by atoms with Crippen LogP contribution < -0.4 is 9.80 Å². The summed E-state index contributed by atoms with van der Waals surface area (Å²) in [6.07, 6.45) is 3.92. The van der Waals surface area contributed by atoms with Gasteiger partial charge in [0, 0.05) is 42.1 Å². The molecule has 0 aliphatic carbocycles. The Morgan fingerprint density at radius 1 is 0.321 bits per heavy atom. The highest BCUT2D eigenvalue weighted by Gasteiger charge is 2.26. The number of fused-ring (bicyclic) bond motifs is 4. The van der Waals surface area contributed by atoms with Gasteiger partial charge in [-0.1, -0.05) is 107 Å². The van der Waals surface area contributed by atoms with Gasteiger partial charge < -0.3 is 9.80 Å². The van der Waals surface area contributed by atoms with Gasteiger partial charge in [-0.3, -0.25) is 0 Å². The Labute approximate surface area is 331 Å². The summed E-state index contributed by atoms with van der Waals surface area (Å²) in [5, 5.41) is 18.0. The van der Waals surface area contributed by atoms with E-state index in [1.807, 2.05) is 60.2 Å². The molecule has 56 heavy (non-hydrogen) atoms. The average Bonchev–Trinajstić information content (AvgIpc) is 3.97. The van der Waals surface area contributed by atoms with Crippen LogP contribution in [-0.2, 0) is 0 Å². The average molecular weight is 759 g/mol. The Bertz CT molecular complexity index is 2590.